The molecular weight excluding hydrogens is 386 g/mol. The summed E-state index contributed by atoms with van der Waals surface area (Å²) >= 11 is 0. The third-order valence-corrected chi connectivity index (χ3v) is 6.53. The number of nitrogens with zero attached hydrogens (tertiary/aromatic N) is 1. The zero-order valence-electron chi connectivity index (χ0n) is 16.6. The van der Waals surface area contributed by atoms with Gasteiger partial charge in [-0.25, -0.2) is 0 Å². The maximum absolute atomic E-state index is 12.7. The second-order valence-corrected chi connectivity index (χ2v) is 8.40. The molecule has 4 rings (SSSR count). The molecule has 2 saturated carbocycles. The molecule has 156 valence electrons. The number of amides is 1. The Hall–Kier alpha value is -2.11. The highest BCUT2D eigenvalue weighted by atomic mass is 35.5. The van der Waals surface area contributed by atoms with Gasteiger partial charge in [-0.05, 0) is 54.7 Å². The average molecular weight is 416 g/mol. The molecule has 29 heavy (non-hydrogen) atoms. The lowest BCUT2D eigenvalue weighted by Gasteiger charge is -2.43. The van der Waals surface area contributed by atoms with Crippen LogP contribution in [0, 0.1) is 17.8 Å². The molecule has 1 amide bonds. The molecule has 0 aliphatic heterocycles. The van der Waals surface area contributed by atoms with E-state index in [1.54, 1.807) is 22.9 Å². The van der Waals surface area contributed by atoms with Crippen LogP contribution in [-0.2, 0) is 17.9 Å². The maximum atomic E-state index is 12.7. The van der Waals surface area contributed by atoms with Crippen molar-refractivity contribution in [3.05, 3.63) is 70.1 Å². The summed E-state index contributed by atoms with van der Waals surface area (Å²) < 4.78 is 1.68. The van der Waals surface area contributed by atoms with Gasteiger partial charge in [0.15, 0.2) is 0 Å². The topological polar surface area (TPSA) is 77.1 Å². The molecule has 5 nitrogen and oxygen atoms in total. The summed E-state index contributed by atoms with van der Waals surface area (Å²) in [5.74, 6) is 1.32. The molecular formula is C23H30ClN3O2. The lowest BCUT2D eigenvalue weighted by molar-refractivity contribution is -0.128. The van der Waals surface area contributed by atoms with Crippen LogP contribution in [0.1, 0.15) is 43.2 Å². The van der Waals surface area contributed by atoms with Crippen LogP contribution in [0.3, 0.4) is 0 Å². The molecule has 3 N–H and O–H groups in total. The fourth-order valence-corrected chi connectivity index (χ4v) is 4.89. The lowest BCUT2D eigenvalue weighted by Crippen LogP contribution is -2.49. The Bertz CT molecular complexity index is 866. The van der Waals surface area contributed by atoms with Crippen molar-refractivity contribution in [2.75, 3.05) is 0 Å². The van der Waals surface area contributed by atoms with Gasteiger partial charge in [0.25, 0.3) is 5.56 Å². The Balaban J connectivity index is 0.00000240. The van der Waals surface area contributed by atoms with Gasteiger partial charge in [-0.3, -0.25) is 9.59 Å². The highest BCUT2D eigenvalue weighted by molar-refractivity contribution is 5.85. The van der Waals surface area contributed by atoms with E-state index >= 15 is 0 Å². The number of rotatable bonds is 5. The number of halogens is 1. The van der Waals surface area contributed by atoms with Crippen LogP contribution in [0.2, 0.25) is 0 Å². The molecule has 2 atom stereocenters. The van der Waals surface area contributed by atoms with E-state index in [0.29, 0.717) is 31.0 Å². The summed E-state index contributed by atoms with van der Waals surface area (Å²) in [6.07, 6.45) is 7.28. The maximum Gasteiger partial charge on any atom is 0.250 e. The van der Waals surface area contributed by atoms with Crippen molar-refractivity contribution in [3.63, 3.8) is 0 Å². The smallest absolute Gasteiger partial charge is 0.250 e. The number of hydrogen-bond acceptors (Lipinski definition) is 3. The van der Waals surface area contributed by atoms with Crippen molar-refractivity contribution in [2.24, 2.45) is 23.5 Å². The number of nitrogens with two attached hydrogens (primary N) is 1. The predicted octanol–water partition coefficient (Wildman–Crippen LogP) is 3.09. The first-order valence-corrected chi connectivity index (χ1v) is 10.4. The average Bonchev–Trinajstić information content (AvgIpc) is 2.69. The number of aromatic nitrogens is 1. The summed E-state index contributed by atoms with van der Waals surface area (Å²) in [7, 11) is 0. The highest BCUT2D eigenvalue weighted by Crippen LogP contribution is 2.41. The van der Waals surface area contributed by atoms with Gasteiger partial charge in [-0.1, -0.05) is 36.8 Å². The fraction of sp³-hybridized carbons (Fsp3) is 0.478. The molecule has 2 bridgehead atoms. The molecule has 1 aromatic heterocycles. The third kappa shape index (κ3) is 5.09. The highest BCUT2D eigenvalue weighted by Gasteiger charge is 2.40. The van der Waals surface area contributed by atoms with Crippen molar-refractivity contribution >= 4 is 18.3 Å². The van der Waals surface area contributed by atoms with Crippen LogP contribution in [0.15, 0.2) is 53.5 Å². The molecule has 2 aliphatic rings. The van der Waals surface area contributed by atoms with Gasteiger partial charge < -0.3 is 15.6 Å². The molecule has 6 heteroatoms. The molecule has 0 radical (unpaired) electrons. The Morgan fingerprint density at radius 1 is 1.03 bits per heavy atom. The number of carbonyl (C=O) groups is 1. The molecule has 2 aliphatic carbocycles. The number of nitrogens with one attached hydrogen (secondary N) is 1. The number of carbonyl (C=O) groups excluding carboxylic acids is 1. The monoisotopic (exact) mass is 415 g/mol. The zero-order chi connectivity index (χ0) is 19.5. The van der Waals surface area contributed by atoms with Gasteiger partial charge in [0.2, 0.25) is 5.91 Å². The molecule has 1 heterocycles. The predicted molar refractivity (Wildman–Crippen MR) is 117 cm³/mol. The second kappa shape index (κ2) is 9.59. The lowest BCUT2D eigenvalue weighted by atomic mass is 9.65. The van der Waals surface area contributed by atoms with Crippen LogP contribution in [0.5, 0.6) is 0 Å². The van der Waals surface area contributed by atoms with Gasteiger partial charge in [0, 0.05) is 30.8 Å². The third-order valence-electron chi connectivity index (χ3n) is 6.53. The van der Waals surface area contributed by atoms with E-state index in [2.05, 4.69) is 5.32 Å². The number of benzene rings is 1. The first-order valence-electron chi connectivity index (χ1n) is 10.4. The van der Waals surface area contributed by atoms with Crippen molar-refractivity contribution in [1.82, 2.24) is 9.88 Å². The summed E-state index contributed by atoms with van der Waals surface area (Å²) in [5, 5.41) is 3.12. The Morgan fingerprint density at radius 3 is 2.34 bits per heavy atom. The van der Waals surface area contributed by atoms with Crippen LogP contribution < -0.4 is 16.6 Å². The van der Waals surface area contributed by atoms with Gasteiger partial charge >= 0.3 is 0 Å². The molecule has 1 aromatic carbocycles. The minimum atomic E-state index is -0.00388. The van der Waals surface area contributed by atoms with Crippen molar-refractivity contribution in [2.45, 2.75) is 51.2 Å². The first-order chi connectivity index (χ1) is 13.6. The molecule has 2 fully saturated rings. The van der Waals surface area contributed by atoms with E-state index in [0.717, 1.165) is 24.0 Å². The number of hydrogen-bond donors (Lipinski definition) is 2. The first kappa shape index (κ1) is 21.6. The van der Waals surface area contributed by atoms with Gasteiger partial charge in [-0.2, -0.15) is 0 Å². The van der Waals surface area contributed by atoms with Crippen LogP contribution >= 0.6 is 12.4 Å². The van der Waals surface area contributed by atoms with Crippen molar-refractivity contribution in [3.8, 4) is 0 Å². The Morgan fingerprint density at radius 2 is 1.69 bits per heavy atom. The normalized spacial score (nSPS) is 25.7. The summed E-state index contributed by atoms with van der Waals surface area (Å²) in [4.78, 5) is 24.5. The zero-order valence-corrected chi connectivity index (χ0v) is 17.4. The summed E-state index contributed by atoms with van der Waals surface area (Å²) in [6, 6.07) is 13.5. The van der Waals surface area contributed by atoms with E-state index in [9.17, 15) is 9.59 Å². The van der Waals surface area contributed by atoms with Crippen molar-refractivity contribution < 1.29 is 4.79 Å². The van der Waals surface area contributed by atoms with E-state index in [4.69, 9.17) is 5.73 Å². The molecule has 2 unspecified atom stereocenters. The van der Waals surface area contributed by atoms with E-state index in [1.165, 1.54) is 19.3 Å². The van der Waals surface area contributed by atoms with E-state index in [1.807, 2.05) is 30.3 Å². The molecule has 2 aromatic rings. The number of pyridine rings is 1. The molecule has 0 saturated heterocycles. The Kier molecular flexibility index (Phi) is 7.14. The van der Waals surface area contributed by atoms with E-state index < -0.39 is 0 Å². The van der Waals surface area contributed by atoms with Crippen molar-refractivity contribution in [1.29, 1.82) is 0 Å². The number of fused-ring (bicyclic) bond motifs is 2. The van der Waals surface area contributed by atoms with Gasteiger partial charge in [-0.15, -0.1) is 12.4 Å². The minimum Gasteiger partial charge on any atom is -0.352 e. The summed E-state index contributed by atoms with van der Waals surface area (Å²) in [6.45, 7) is 1.10. The SMILES string of the molecule is Cl.NC1C2CCCC1CC(C(=O)NCc1ccc(Cn3ccccc3=O)cc1)C2. The standard InChI is InChI=1S/C23H29N3O2.ClH/c24-22-18-4-3-5-19(22)13-20(12-18)23(28)25-14-16-7-9-17(10-8-16)15-26-11-2-1-6-21(26)27;/h1-2,6-11,18-20,22H,3-5,12-15,24H2,(H,25,28);1H. The second-order valence-electron chi connectivity index (χ2n) is 8.40. The van der Waals surface area contributed by atoms with Crippen LogP contribution in [-0.4, -0.2) is 16.5 Å². The Labute approximate surface area is 178 Å². The van der Waals surface area contributed by atoms with E-state index in [-0.39, 0.29) is 29.8 Å². The molecule has 0 spiro atoms. The summed E-state index contributed by atoms with van der Waals surface area (Å²) in [5.41, 5.74) is 8.47. The van der Waals surface area contributed by atoms with Crippen LogP contribution in [0.25, 0.3) is 0 Å². The largest absolute Gasteiger partial charge is 0.352 e. The minimum absolute atomic E-state index is 0. The van der Waals surface area contributed by atoms with Gasteiger partial charge in [0.05, 0.1) is 6.54 Å². The fourth-order valence-electron chi connectivity index (χ4n) is 4.89. The van der Waals surface area contributed by atoms with Crippen LogP contribution in [0.4, 0.5) is 0 Å². The quantitative estimate of drug-likeness (QED) is 0.787. The van der Waals surface area contributed by atoms with Gasteiger partial charge in [0.1, 0.15) is 0 Å².